The van der Waals surface area contributed by atoms with E-state index in [1.165, 1.54) is 13.2 Å². The van der Waals surface area contributed by atoms with Gasteiger partial charge in [0.15, 0.2) is 5.60 Å². The summed E-state index contributed by atoms with van der Waals surface area (Å²) in [5.41, 5.74) is 4.91. The van der Waals surface area contributed by atoms with Gasteiger partial charge in [-0.15, -0.1) is 0 Å². The smallest absolute Gasteiger partial charge is 0.256 e. The first kappa shape index (κ1) is 19.1. The predicted molar refractivity (Wildman–Crippen MR) is 96.2 cm³/mol. The highest BCUT2D eigenvalue weighted by Crippen LogP contribution is 2.27. The van der Waals surface area contributed by atoms with Crippen molar-refractivity contribution >= 4 is 5.91 Å². The number of methoxy groups -OCH3 is 1. The fraction of sp³-hybridized carbons (Fsp3) is 0.632. The first-order valence-electron chi connectivity index (χ1n) is 9.23. The SMILES string of the molecule is COc1ccc(F)c(CN2CCC[C@](O)(CN3CCC(N)CC3)C2=O)c1. The number of β-amino-alcohol motifs (C(OH)–C–C–N with tert-alkyl or cyclic N) is 1. The maximum Gasteiger partial charge on any atom is 0.256 e. The van der Waals surface area contributed by atoms with Crippen molar-refractivity contribution in [3.8, 4) is 5.75 Å². The molecular weight excluding hydrogens is 337 g/mol. The van der Waals surface area contributed by atoms with Gasteiger partial charge in [0.2, 0.25) is 0 Å². The number of carbonyl (C=O) groups is 1. The summed E-state index contributed by atoms with van der Waals surface area (Å²) in [6, 6.07) is 4.69. The Labute approximate surface area is 153 Å². The van der Waals surface area contributed by atoms with Crippen LogP contribution in [0.15, 0.2) is 18.2 Å². The molecule has 1 amide bonds. The molecule has 3 N–H and O–H groups in total. The monoisotopic (exact) mass is 365 g/mol. The number of hydrogen-bond donors (Lipinski definition) is 2. The summed E-state index contributed by atoms with van der Waals surface area (Å²) >= 11 is 0. The summed E-state index contributed by atoms with van der Waals surface area (Å²) in [4.78, 5) is 16.6. The first-order chi connectivity index (χ1) is 12.4. The number of amides is 1. The van der Waals surface area contributed by atoms with E-state index < -0.39 is 5.60 Å². The summed E-state index contributed by atoms with van der Waals surface area (Å²) in [5, 5.41) is 11.0. The van der Waals surface area contributed by atoms with Crippen molar-refractivity contribution < 1.29 is 19.0 Å². The molecule has 0 unspecified atom stereocenters. The van der Waals surface area contributed by atoms with Gasteiger partial charge in [0.05, 0.1) is 7.11 Å². The lowest BCUT2D eigenvalue weighted by Gasteiger charge is -2.42. The highest BCUT2D eigenvalue weighted by molar-refractivity contribution is 5.86. The predicted octanol–water partition coefficient (Wildman–Crippen LogP) is 1.11. The van der Waals surface area contributed by atoms with Gasteiger partial charge in [-0.2, -0.15) is 0 Å². The Hall–Kier alpha value is -1.70. The van der Waals surface area contributed by atoms with Crippen LogP contribution in [-0.2, 0) is 11.3 Å². The van der Waals surface area contributed by atoms with Crippen LogP contribution in [0.5, 0.6) is 5.75 Å². The number of carbonyl (C=O) groups excluding carboxylic acids is 1. The number of likely N-dealkylation sites (tertiary alicyclic amines) is 2. The van der Waals surface area contributed by atoms with Crippen molar-refractivity contribution in [3.63, 3.8) is 0 Å². The highest BCUT2D eigenvalue weighted by atomic mass is 19.1. The van der Waals surface area contributed by atoms with E-state index in [9.17, 15) is 14.3 Å². The van der Waals surface area contributed by atoms with Crippen LogP contribution in [-0.4, -0.2) is 65.7 Å². The molecule has 2 aliphatic heterocycles. The van der Waals surface area contributed by atoms with E-state index in [1.807, 2.05) is 0 Å². The van der Waals surface area contributed by atoms with E-state index in [0.29, 0.717) is 37.2 Å². The van der Waals surface area contributed by atoms with Crippen LogP contribution >= 0.6 is 0 Å². The van der Waals surface area contributed by atoms with Crippen LogP contribution in [0.25, 0.3) is 0 Å². The second-order valence-corrected chi connectivity index (χ2v) is 7.43. The van der Waals surface area contributed by atoms with Crippen molar-refractivity contribution in [2.75, 3.05) is 33.3 Å². The third kappa shape index (κ3) is 4.16. The van der Waals surface area contributed by atoms with Gasteiger partial charge < -0.3 is 20.5 Å². The van der Waals surface area contributed by atoms with Gasteiger partial charge in [-0.1, -0.05) is 0 Å². The highest BCUT2D eigenvalue weighted by Gasteiger charge is 2.43. The van der Waals surface area contributed by atoms with Crippen LogP contribution in [0, 0.1) is 5.82 Å². The average molecular weight is 365 g/mol. The molecule has 0 radical (unpaired) electrons. The molecule has 0 spiro atoms. The maximum absolute atomic E-state index is 14.1. The summed E-state index contributed by atoms with van der Waals surface area (Å²) in [7, 11) is 1.52. The van der Waals surface area contributed by atoms with Crippen LogP contribution in [0.1, 0.15) is 31.2 Å². The summed E-state index contributed by atoms with van der Waals surface area (Å²) < 4.78 is 19.3. The zero-order valence-corrected chi connectivity index (χ0v) is 15.3. The molecule has 2 aliphatic rings. The third-order valence-electron chi connectivity index (χ3n) is 5.44. The normalized spacial score (nSPS) is 25.5. The molecule has 1 aromatic rings. The molecule has 6 nitrogen and oxygen atoms in total. The molecule has 144 valence electrons. The minimum atomic E-state index is -1.41. The van der Waals surface area contributed by atoms with Gasteiger partial charge in [-0.25, -0.2) is 4.39 Å². The fourth-order valence-electron chi connectivity index (χ4n) is 3.85. The summed E-state index contributed by atoms with van der Waals surface area (Å²) in [6.45, 7) is 2.55. The average Bonchev–Trinajstić information content (AvgIpc) is 2.63. The van der Waals surface area contributed by atoms with Gasteiger partial charge >= 0.3 is 0 Å². The Kier molecular flexibility index (Phi) is 5.79. The van der Waals surface area contributed by atoms with Crippen molar-refractivity contribution in [2.24, 2.45) is 5.73 Å². The number of nitrogens with zero attached hydrogens (tertiary/aromatic N) is 2. The van der Waals surface area contributed by atoms with Crippen molar-refractivity contribution in [1.82, 2.24) is 9.80 Å². The molecule has 2 heterocycles. The molecule has 1 aromatic carbocycles. The minimum Gasteiger partial charge on any atom is -0.497 e. The first-order valence-corrected chi connectivity index (χ1v) is 9.23. The Balaban J connectivity index is 1.69. The zero-order valence-electron chi connectivity index (χ0n) is 15.3. The van der Waals surface area contributed by atoms with Crippen LogP contribution in [0.2, 0.25) is 0 Å². The van der Waals surface area contributed by atoms with E-state index in [4.69, 9.17) is 10.5 Å². The number of rotatable bonds is 5. The Bertz CT molecular complexity index is 649. The number of nitrogens with two attached hydrogens (primary N) is 1. The zero-order chi connectivity index (χ0) is 18.7. The Morgan fingerprint density at radius 1 is 1.35 bits per heavy atom. The number of halogens is 1. The Morgan fingerprint density at radius 3 is 2.77 bits per heavy atom. The second kappa shape index (κ2) is 7.90. The van der Waals surface area contributed by atoms with Gasteiger partial charge in [-0.05, 0) is 57.0 Å². The van der Waals surface area contributed by atoms with E-state index in [2.05, 4.69) is 4.90 Å². The van der Waals surface area contributed by atoms with Crippen LogP contribution in [0.4, 0.5) is 4.39 Å². The second-order valence-electron chi connectivity index (χ2n) is 7.43. The number of ether oxygens (including phenoxy) is 1. The van der Waals surface area contributed by atoms with Crippen LogP contribution in [0.3, 0.4) is 0 Å². The molecule has 0 saturated carbocycles. The van der Waals surface area contributed by atoms with E-state index in [0.717, 1.165) is 25.9 Å². The van der Waals surface area contributed by atoms with Crippen molar-refractivity contribution in [1.29, 1.82) is 0 Å². The third-order valence-corrected chi connectivity index (χ3v) is 5.44. The number of piperidine rings is 2. The van der Waals surface area contributed by atoms with Crippen molar-refractivity contribution in [2.45, 2.75) is 43.9 Å². The largest absolute Gasteiger partial charge is 0.497 e. The molecule has 26 heavy (non-hydrogen) atoms. The summed E-state index contributed by atoms with van der Waals surface area (Å²) in [5.74, 6) is -0.149. The molecule has 2 fully saturated rings. The molecule has 7 heteroatoms. The quantitative estimate of drug-likeness (QED) is 0.817. The van der Waals surface area contributed by atoms with Crippen LogP contribution < -0.4 is 10.5 Å². The number of benzene rings is 1. The lowest BCUT2D eigenvalue weighted by molar-refractivity contribution is -0.160. The molecule has 0 aliphatic carbocycles. The summed E-state index contributed by atoms with van der Waals surface area (Å²) in [6.07, 6.45) is 2.89. The van der Waals surface area contributed by atoms with Gasteiger partial charge in [0.1, 0.15) is 11.6 Å². The maximum atomic E-state index is 14.1. The van der Waals surface area contributed by atoms with E-state index >= 15 is 0 Å². The number of hydrogen-bond acceptors (Lipinski definition) is 5. The minimum absolute atomic E-state index is 0.134. The lowest BCUT2D eigenvalue weighted by atomic mass is 9.90. The number of aliphatic hydroxyl groups is 1. The molecule has 0 bridgehead atoms. The fourth-order valence-corrected chi connectivity index (χ4v) is 3.85. The van der Waals surface area contributed by atoms with Gasteiger partial charge in [0.25, 0.3) is 5.91 Å². The van der Waals surface area contributed by atoms with Gasteiger partial charge in [-0.3, -0.25) is 9.69 Å². The topological polar surface area (TPSA) is 79.0 Å². The van der Waals surface area contributed by atoms with E-state index in [1.54, 1.807) is 17.0 Å². The Morgan fingerprint density at radius 2 is 2.08 bits per heavy atom. The van der Waals surface area contributed by atoms with E-state index in [-0.39, 0.29) is 24.3 Å². The molecule has 1 atom stereocenters. The van der Waals surface area contributed by atoms with Crippen molar-refractivity contribution in [3.05, 3.63) is 29.6 Å². The molecule has 2 saturated heterocycles. The molecule has 0 aromatic heterocycles. The molecular formula is C19H28FN3O3. The standard InChI is InChI=1S/C19H28FN3O3/c1-26-16-3-4-17(20)14(11-16)12-23-8-2-7-19(25,18(23)24)13-22-9-5-15(21)6-10-22/h3-4,11,15,25H,2,5-10,12-13,21H2,1H3/t19-/m0/s1. The lowest BCUT2D eigenvalue weighted by Crippen LogP contribution is -2.59. The van der Waals surface area contributed by atoms with Gasteiger partial charge in [0, 0.05) is 31.2 Å². The molecule has 3 rings (SSSR count).